The topological polar surface area (TPSA) is 155 Å². The third-order valence-electron chi connectivity index (χ3n) is 8.36. The molecular formula is C45H76NO9P. The van der Waals surface area contributed by atoms with Crippen molar-refractivity contribution >= 4 is 19.8 Å². The van der Waals surface area contributed by atoms with Crippen molar-refractivity contribution in [2.75, 3.05) is 26.4 Å². The van der Waals surface area contributed by atoms with Gasteiger partial charge >= 0.3 is 19.8 Å². The first-order chi connectivity index (χ1) is 27.2. The van der Waals surface area contributed by atoms with Crippen LogP contribution in [0.25, 0.3) is 0 Å². The lowest BCUT2D eigenvalue weighted by Gasteiger charge is -2.20. The van der Waals surface area contributed by atoms with Crippen LogP contribution in [-0.4, -0.2) is 60.5 Å². The van der Waals surface area contributed by atoms with Crippen LogP contribution in [0.2, 0.25) is 0 Å². The van der Waals surface area contributed by atoms with E-state index in [-0.39, 0.29) is 32.6 Å². The zero-order chi connectivity index (χ0) is 41.2. The molecule has 0 saturated heterocycles. The Morgan fingerprint density at radius 3 is 1.77 bits per heavy atom. The van der Waals surface area contributed by atoms with Gasteiger partial charge in [0.2, 0.25) is 0 Å². The van der Waals surface area contributed by atoms with E-state index in [9.17, 15) is 24.2 Å². The molecule has 0 rings (SSSR count). The number of phosphoric ester groups is 1. The van der Waals surface area contributed by atoms with E-state index < -0.39 is 38.6 Å². The van der Waals surface area contributed by atoms with Crippen LogP contribution in [0.15, 0.2) is 85.1 Å². The molecule has 0 aliphatic carbocycles. The molecule has 3 atom stereocenters. The molecule has 320 valence electrons. The summed E-state index contributed by atoms with van der Waals surface area (Å²) in [5, 5.41) is 10.3. The van der Waals surface area contributed by atoms with Gasteiger partial charge in [-0.25, -0.2) is 4.57 Å². The van der Waals surface area contributed by atoms with E-state index in [0.29, 0.717) is 25.7 Å². The number of aliphatic hydroxyl groups is 1. The van der Waals surface area contributed by atoms with E-state index in [1.165, 1.54) is 57.8 Å². The number of ether oxygens (including phenoxy) is 2. The smallest absolute Gasteiger partial charge is 0.462 e. The SMILES string of the molecule is CCCCC/C=C\C/C=C\C/C=C\C/C=C\CCCC(=O)OC[C@H](COP(=O)(O)OCCN)OC(=O)CCCC(O)/C=C/C=C/C/C=C/CCCCCCCC. The second-order valence-corrected chi connectivity index (χ2v) is 15.2. The Kier molecular flexibility index (Phi) is 38.3. The van der Waals surface area contributed by atoms with Gasteiger partial charge in [-0.2, -0.15) is 0 Å². The van der Waals surface area contributed by atoms with Crippen LogP contribution in [-0.2, 0) is 32.7 Å². The maximum Gasteiger partial charge on any atom is 0.472 e. The standard InChI is InChI=1S/C45H76NO9P/c1-3-5-7-9-11-13-15-17-18-19-20-22-24-26-28-30-32-36-44(48)52-40-43(41-54-56(50,51)53-39-38-46)55-45(49)37-33-35-42(47)34-31-29-27-25-23-21-16-14-12-10-8-6-4-2/h11,13,17-18,20-23,26-29,31,34,42-43,47H,3-10,12,14-16,19,24-25,30,32-33,35-41,46H2,1-2H3,(H,50,51)/b13-11-,18-17-,22-20-,23-21+,28-26-,29-27+,34-31+/t42?,43-/m1/s1. The Labute approximate surface area is 339 Å². The number of phosphoric acid groups is 1. The zero-order valence-electron chi connectivity index (χ0n) is 34.7. The molecule has 0 aromatic rings. The number of esters is 2. The maximum atomic E-state index is 12.6. The molecule has 0 radical (unpaired) electrons. The summed E-state index contributed by atoms with van der Waals surface area (Å²) < 4.78 is 32.5. The van der Waals surface area contributed by atoms with Crippen LogP contribution in [0.4, 0.5) is 0 Å². The van der Waals surface area contributed by atoms with E-state index in [1.54, 1.807) is 12.2 Å². The average Bonchev–Trinajstić information content (AvgIpc) is 3.18. The van der Waals surface area contributed by atoms with Gasteiger partial charge in [0, 0.05) is 19.4 Å². The van der Waals surface area contributed by atoms with Crippen LogP contribution in [0.1, 0.15) is 149 Å². The van der Waals surface area contributed by atoms with E-state index in [0.717, 1.165) is 38.5 Å². The molecule has 10 nitrogen and oxygen atoms in total. The minimum Gasteiger partial charge on any atom is -0.462 e. The number of hydrogen-bond donors (Lipinski definition) is 3. The van der Waals surface area contributed by atoms with Gasteiger partial charge in [0.05, 0.1) is 19.3 Å². The molecule has 0 aliphatic heterocycles. The van der Waals surface area contributed by atoms with Crippen molar-refractivity contribution in [2.24, 2.45) is 5.73 Å². The molecule has 0 heterocycles. The molecule has 0 aromatic heterocycles. The number of aliphatic hydroxyl groups excluding tert-OH is 1. The summed E-state index contributed by atoms with van der Waals surface area (Å²) in [6.07, 6.45) is 46.5. The van der Waals surface area contributed by atoms with Crippen molar-refractivity contribution in [3.8, 4) is 0 Å². The van der Waals surface area contributed by atoms with Gasteiger partial charge in [0.25, 0.3) is 0 Å². The van der Waals surface area contributed by atoms with Gasteiger partial charge < -0.3 is 25.2 Å². The first kappa shape index (κ1) is 53.1. The molecule has 0 bridgehead atoms. The fourth-order valence-corrected chi connectivity index (χ4v) is 5.93. The Hall–Kier alpha value is -2.85. The Bertz CT molecular complexity index is 1210. The first-order valence-electron chi connectivity index (χ1n) is 21.2. The molecule has 11 heteroatoms. The van der Waals surface area contributed by atoms with Crippen molar-refractivity contribution < 1.29 is 42.7 Å². The molecule has 4 N–H and O–H groups in total. The highest BCUT2D eigenvalue weighted by atomic mass is 31.2. The van der Waals surface area contributed by atoms with E-state index in [1.807, 2.05) is 18.2 Å². The molecule has 0 amide bonds. The van der Waals surface area contributed by atoms with E-state index in [2.05, 4.69) is 68.5 Å². The highest BCUT2D eigenvalue weighted by molar-refractivity contribution is 7.47. The van der Waals surface area contributed by atoms with Gasteiger partial charge in [-0.05, 0) is 77.0 Å². The number of allylic oxidation sites excluding steroid dienone is 13. The van der Waals surface area contributed by atoms with Crippen molar-refractivity contribution in [2.45, 2.75) is 161 Å². The average molecular weight is 806 g/mol. The molecule has 0 aromatic carbocycles. The van der Waals surface area contributed by atoms with Crippen LogP contribution in [0.3, 0.4) is 0 Å². The summed E-state index contributed by atoms with van der Waals surface area (Å²) in [5.41, 5.74) is 5.33. The highest BCUT2D eigenvalue weighted by Gasteiger charge is 2.26. The predicted octanol–water partition coefficient (Wildman–Crippen LogP) is 11.0. The lowest BCUT2D eigenvalue weighted by molar-refractivity contribution is -0.161. The van der Waals surface area contributed by atoms with Gasteiger partial charge in [-0.15, -0.1) is 0 Å². The first-order valence-corrected chi connectivity index (χ1v) is 22.7. The van der Waals surface area contributed by atoms with Crippen LogP contribution >= 0.6 is 7.82 Å². The number of carbonyl (C=O) groups is 2. The summed E-state index contributed by atoms with van der Waals surface area (Å²) >= 11 is 0. The van der Waals surface area contributed by atoms with Gasteiger partial charge in [0.1, 0.15) is 6.61 Å². The van der Waals surface area contributed by atoms with Crippen molar-refractivity contribution in [3.05, 3.63) is 85.1 Å². The number of carbonyl (C=O) groups excluding carboxylic acids is 2. The zero-order valence-corrected chi connectivity index (χ0v) is 35.6. The van der Waals surface area contributed by atoms with Crippen molar-refractivity contribution in [1.82, 2.24) is 0 Å². The minimum atomic E-state index is -4.45. The lowest BCUT2D eigenvalue weighted by atomic mass is 10.1. The van der Waals surface area contributed by atoms with E-state index in [4.69, 9.17) is 24.3 Å². The fourth-order valence-electron chi connectivity index (χ4n) is 5.16. The number of rotatable bonds is 38. The fraction of sp³-hybridized carbons (Fsp3) is 0.644. The summed E-state index contributed by atoms with van der Waals surface area (Å²) in [4.78, 5) is 34.8. The molecule has 2 unspecified atom stereocenters. The van der Waals surface area contributed by atoms with Crippen LogP contribution < -0.4 is 5.73 Å². The molecule has 0 aliphatic rings. The monoisotopic (exact) mass is 806 g/mol. The highest BCUT2D eigenvalue weighted by Crippen LogP contribution is 2.43. The van der Waals surface area contributed by atoms with Crippen LogP contribution in [0, 0.1) is 0 Å². The Morgan fingerprint density at radius 2 is 1.14 bits per heavy atom. The van der Waals surface area contributed by atoms with E-state index >= 15 is 0 Å². The largest absolute Gasteiger partial charge is 0.472 e. The number of hydrogen-bond acceptors (Lipinski definition) is 9. The second kappa shape index (κ2) is 40.4. The number of nitrogens with two attached hydrogens (primary N) is 1. The van der Waals surface area contributed by atoms with Gasteiger partial charge in [-0.3, -0.25) is 18.6 Å². The lowest BCUT2D eigenvalue weighted by Crippen LogP contribution is -2.29. The second-order valence-electron chi connectivity index (χ2n) is 13.7. The van der Waals surface area contributed by atoms with Crippen molar-refractivity contribution in [3.63, 3.8) is 0 Å². The third-order valence-corrected chi connectivity index (χ3v) is 9.34. The van der Waals surface area contributed by atoms with Crippen LogP contribution in [0.5, 0.6) is 0 Å². The minimum absolute atomic E-state index is 0.00980. The summed E-state index contributed by atoms with van der Waals surface area (Å²) in [6.45, 7) is 3.39. The summed E-state index contributed by atoms with van der Waals surface area (Å²) in [5.74, 6) is -1.10. The molecular weight excluding hydrogens is 729 g/mol. The predicted molar refractivity (Wildman–Crippen MR) is 230 cm³/mol. The normalized spacial score (nSPS) is 14.7. The van der Waals surface area contributed by atoms with Gasteiger partial charge in [0.15, 0.2) is 6.10 Å². The third kappa shape index (κ3) is 39.4. The maximum absolute atomic E-state index is 12.6. The summed E-state index contributed by atoms with van der Waals surface area (Å²) in [7, 11) is -4.45. The molecule has 0 fully saturated rings. The Morgan fingerprint density at radius 1 is 0.625 bits per heavy atom. The molecule has 0 spiro atoms. The summed E-state index contributed by atoms with van der Waals surface area (Å²) in [6, 6.07) is 0. The molecule has 56 heavy (non-hydrogen) atoms. The quantitative estimate of drug-likeness (QED) is 0.0180. The van der Waals surface area contributed by atoms with Crippen molar-refractivity contribution in [1.29, 1.82) is 0 Å². The Balaban J connectivity index is 4.47. The van der Waals surface area contributed by atoms with Gasteiger partial charge in [-0.1, -0.05) is 144 Å². The molecule has 0 saturated carbocycles. The number of unbranched alkanes of at least 4 members (excludes halogenated alkanes) is 10.